The van der Waals surface area contributed by atoms with E-state index in [9.17, 15) is 0 Å². The number of rotatable bonds is 2. The lowest BCUT2D eigenvalue weighted by Gasteiger charge is -2.29. The largest absolute Gasteiger partial charge is 0.376 e. The van der Waals surface area contributed by atoms with Crippen LogP contribution in [0.4, 0.5) is 5.82 Å². The van der Waals surface area contributed by atoms with Crippen LogP contribution in [0.2, 0.25) is 5.28 Å². The van der Waals surface area contributed by atoms with Crippen molar-refractivity contribution in [3.8, 4) is 0 Å². The van der Waals surface area contributed by atoms with E-state index in [4.69, 9.17) is 16.3 Å². The number of ether oxygens (including phenoxy) is 1. The molecule has 2 atom stereocenters. The molecule has 0 aliphatic carbocycles. The lowest BCUT2D eigenvalue weighted by Crippen LogP contribution is -2.41. The molecule has 0 amide bonds. The Labute approximate surface area is 121 Å². The second-order valence-electron chi connectivity index (χ2n) is 5.22. The summed E-state index contributed by atoms with van der Waals surface area (Å²) in [5.74, 6) is 0.805. The highest BCUT2D eigenvalue weighted by Crippen LogP contribution is 2.34. The maximum atomic E-state index is 6.01. The Morgan fingerprint density at radius 2 is 2.32 bits per heavy atom. The van der Waals surface area contributed by atoms with Crippen molar-refractivity contribution < 1.29 is 4.74 Å². The number of aryl methyl sites for hydroxylation is 1. The van der Waals surface area contributed by atoms with Gasteiger partial charge in [0, 0.05) is 11.5 Å². The van der Waals surface area contributed by atoms with E-state index in [0.29, 0.717) is 0 Å². The average Bonchev–Trinajstić information content (AvgIpc) is 2.83. The zero-order valence-corrected chi connectivity index (χ0v) is 12.7. The van der Waals surface area contributed by atoms with Crippen molar-refractivity contribution in [1.29, 1.82) is 0 Å². The third-order valence-corrected chi connectivity index (χ3v) is 4.89. The molecule has 6 heteroatoms. The van der Waals surface area contributed by atoms with Gasteiger partial charge in [0.2, 0.25) is 5.28 Å². The molecule has 0 radical (unpaired) electrons. The molecule has 4 nitrogen and oxygen atoms in total. The highest BCUT2D eigenvalue weighted by atomic mass is 35.5. The molecule has 0 saturated carbocycles. The molecule has 2 unspecified atom stereocenters. The fourth-order valence-electron chi connectivity index (χ4n) is 2.38. The van der Waals surface area contributed by atoms with Gasteiger partial charge in [0.1, 0.15) is 10.6 Å². The molecule has 2 aromatic heterocycles. The van der Waals surface area contributed by atoms with Crippen LogP contribution in [0.1, 0.15) is 25.1 Å². The molecule has 1 N–H and O–H groups in total. The van der Waals surface area contributed by atoms with Crippen LogP contribution in [0.25, 0.3) is 10.2 Å². The molecular formula is C13H16ClN3OS. The number of aromatic nitrogens is 2. The Bertz CT molecular complexity index is 630. The molecule has 19 heavy (non-hydrogen) atoms. The topological polar surface area (TPSA) is 47.0 Å². The van der Waals surface area contributed by atoms with Crippen molar-refractivity contribution >= 4 is 39.0 Å². The summed E-state index contributed by atoms with van der Waals surface area (Å²) in [6, 6.07) is 2.10. The molecule has 1 aliphatic heterocycles. The van der Waals surface area contributed by atoms with Gasteiger partial charge in [0.15, 0.2) is 0 Å². The first kappa shape index (κ1) is 13.1. The third-order valence-electron chi connectivity index (χ3n) is 3.78. The monoisotopic (exact) mass is 297 g/mol. The fourth-order valence-corrected chi connectivity index (χ4v) is 3.48. The van der Waals surface area contributed by atoms with E-state index in [-0.39, 0.29) is 16.9 Å². The van der Waals surface area contributed by atoms with Gasteiger partial charge in [-0.2, -0.15) is 0 Å². The van der Waals surface area contributed by atoms with Gasteiger partial charge in [-0.1, -0.05) is 0 Å². The number of hydrogen-bond acceptors (Lipinski definition) is 5. The maximum absolute atomic E-state index is 6.01. The zero-order valence-electron chi connectivity index (χ0n) is 11.2. The fraction of sp³-hybridized carbons (Fsp3) is 0.538. The van der Waals surface area contributed by atoms with Gasteiger partial charge in [-0.15, -0.1) is 11.3 Å². The van der Waals surface area contributed by atoms with E-state index < -0.39 is 0 Å². The number of halogens is 1. The van der Waals surface area contributed by atoms with Crippen LogP contribution in [0, 0.1) is 6.92 Å². The average molecular weight is 298 g/mol. The molecule has 0 spiro atoms. The summed E-state index contributed by atoms with van der Waals surface area (Å²) in [6.07, 6.45) is 1.11. The molecule has 3 rings (SSSR count). The molecule has 1 fully saturated rings. The number of hydrogen-bond donors (Lipinski definition) is 1. The smallest absolute Gasteiger partial charge is 0.225 e. The standard InChI is InChI=1S/C13H16ClN3OS/c1-7-6-9-10(15-12(14)16-11(9)19-7)17-13(3)4-5-18-8(13)2/h6,8H,4-5H2,1-3H3,(H,15,16,17). The molecule has 3 heterocycles. The van der Waals surface area contributed by atoms with Gasteiger partial charge >= 0.3 is 0 Å². The highest BCUT2D eigenvalue weighted by molar-refractivity contribution is 7.18. The van der Waals surface area contributed by atoms with Crippen molar-refractivity contribution in [2.24, 2.45) is 0 Å². The number of nitrogens with zero attached hydrogens (tertiary/aromatic N) is 2. The van der Waals surface area contributed by atoms with E-state index >= 15 is 0 Å². The number of anilines is 1. The van der Waals surface area contributed by atoms with Crippen molar-refractivity contribution in [3.63, 3.8) is 0 Å². The third kappa shape index (κ3) is 2.30. The molecule has 0 bridgehead atoms. The van der Waals surface area contributed by atoms with Crippen molar-refractivity contribution in [1.82, 2.24) is 9.97 Å². The summed E-state index contributed by atoms with van der Waals surface area (Å²) < 4.78 is 5.65. The molecule has 1 saturated heterocycles. The predicted octanol–water partition coefficient (Wildman–Crippen LogP) is 3.63. The molecule has 2 aromatic rings. The van der Waals surface area contributed by atoms with Crippen molar-refractivity contribution in [3.05, 3.63) is 16.2 Å². The highest BCUT2D eigenvalue weighted by Gasteiger charge is 2.37. The lowest BCUT2D eigenvalue weighted by molar-refractivity contribution is 0.105. The van der Waals surface area contributed by atoms with Crippen LogP contribution >= 0.6 is 22.9 Å². The number of fused-ring (bicyclic) bond motifs is 1. The van der Waals surface area contributed by atoms with Crippen LogP contribution in [0.3, 0.4) is 0 Å². The molecular weight excluding hydrogens is 282 g/mol. The molecule has 1 aliphatic rings. The van der Waals surface area contributed by atoms with E-state index in [1.807, 2.05) is 0 Å². The van der Waals surface area contributed by atoms with Crippen LogP contribution < -0.4 is 5.32 Å². The van der Waals surface area contributed by atoms with E-state index in [1.54, 1.807) is 11.3 Å². The van der Waals surface area contributed by atoms with Crippen molar-refractivity contribution in [2.45, 2.75) is 38.8 Å². The van der Waals surface area contributed by atoms with Gasteiger partial charge < -0.3 is 10.1 Å². The molecule has 102 valence electrons. The Kier molecular flexibility index (Phi) is 3.15. The normalized spacial score (nSPS) is 27.1. The van der Waals surface area contributed by atoms with Gasteiger partial charge in [-0.3, -0.25) is 0 Å². The van der Waals surface area contributed by atoms with Gasteiger partial charge in [0.05, 0.1) is 17.0 Å². The van der Waals surface area contributed by atoms with Crippen LogP contribution in [-0.2, 0) is 4.74 Å². The minimum Gasteiger partial charge on any atom is -0.376 e. The first-order valence-electron chi connectivity index (χ1n) is 6.31. The first-order chi connectivity index (χ1) is 8.98. The quantitative estimate of drug-likeness (QED) is 0.860. The minimum absolute atomic E-state index is 0.111. The molecule has 0 aromatic carbocycles. The second-order valence-corrected chi connectivity index (χ2v) is 6.80. The van der Waals surface area contributed by atoms with Crippen LogP contribution in [0.5, 0.6) is 0 Å². The van der Waals surface area contributed by atoms with Gasteiger partial charge in [-0.25, -0.2) is 9.97 Å². The Morgan fingerprint density at radius 1 is 1.53 bits per heavy atom. The van der Waals surface area contributed by atoms with Gasteiger partial charge in [0.25, 0.3) is 0 Å². The summed E-state index contributed by atoms with van der Waals surface area (Å²) >= 11 is 7.64. The Morgan fingerprint density at radius 3 is 3.00 bits per heavy atom. The van der Waals surface area contributed by atoms with Crippen molar-refractivity contribution in [2.75, 3.05) is 11.9 Å². The summed E-state index contributed by atoms with van der Waals surface area (Å²) in [5.41, 5.74) is -0.111. The number of nitrogens with one attached hydrogen (secondary N) is 1. The van der Waals surface area contributed by atoms with E-state index in [1.165, 1.54) is 4.88 Å². The Hall–Kier alpha value is -0.910. The summed E-state index contributed by atoms with van der Waals surface area (Å²) in [5, 5.41) is 4.83. The first-order valence-corrected chi connectivity index (χ1v) is 7.51. The van der Waals surface area contributed by atoms with Gasteiger partial charge in [-0.05, 0) is 44.9 Å². The lowest BCUT2D eigenvalue weighted by atomic mass is 9.94. The van der Waals surface area contributed by atoms with E-state index in [0.717, 1.165) is 29.1 Å². The predicted molar refractivity (Wildman–Crippen MR) is 79.2 cm³/mol. The summed E-state index contributed by atoms with van der Waals surface area (Å²) in [7, 11) is 0. The SMILES string of the molecule is Cc1cc2c(NC3(C)CCOC3C)nc(Cl)nc2s1. The van der Waals surface area contributed by atoms with E-state index in [2.05, 4.69) is 42.1 Å². The Balaban J connectivity index is 2.04. The second kappa shape index (κ2) is 4.58. The zero-order chi connectivity index (χ0) is 13.6. The maximum Gasteiger partial charge on any atom is 0.225 e. The minimum atomic E-state index is -0.111. The van der Waals surface area contributed by atoms with Crippen LogP contribution in [0.15, 0.2) is 6.07 Å². The summed E-state index contributed by atoms with van der Waals surface area (Å²) in [4.78, 5) is 10.8. The van der Waals surface area contributed by atoms with Crippen LogP contribution in [-0.4, -0.2) is 28.2 Å². The number of thiophene rings is 1. The summed E-state index contributed by atoms with van der Waals surface area (Å²) in [6.45, 7) is 7.08.